The van der Waals surface area contributed by atoms with E-state index in [2.05, 4.69) is 15.1 Å². The number of hydrogen-bond donors (Lipinski definition) is 1. The number of benzene rings is 2. The number of nitrogen functional groups attached to an aromatic ring is 1. The minimum atomic E-state index is -1.77. The number of carbonyl (C=O) groups is 1. The van der Waals surface area contributed by atoms with Crippen LogP contribution in [0.5, 0.6) is 11.5 Å². The monoisotopic (exact) mass is 526 g/mol. The first-order valence-corrected chi connectivity index (χ1v) is 11.2. The molecule has 8 nitrogen and oxygen atoms in total. The molecule has 2 aromatic carbocycles. The number of hydrogen-bond acceptors (Lipinski definition) is 6. The van der Waals surface area contributed by atoms with Crippen LogP contribution >= 0.6 is 0 Å². The molecule has 1 aliphatic rings. The third kappa shape index (κ3) is 4.31. The van der Waals surface area contributed by atoms with Gasteiger partial charge in [0.1, 0.15) is 37.3 Å². The molecule has 2 N–H and O–H groups in total. The highest BCUT2D eigenvalue weighted by Gasteiger charge is 2.31. The fraction of sp³-hybridized carbons (Fsp3) is 0.167. The minimum Gasteiger partial charge on any atom is -0.451 e. The molecule has 0 unspecified atom stereocenters. The lowest BCUT2D eigenvalue weighted by molar-refractivity contribution is -0.125. The Labute approximate surface area is 212 Å². The number of carbonyl (C=O) groups excluding carboxylic acids is 1. The molecule has 1 fully saturated rings. The molecule has 0 saturated carbocycles. The third-order valence-electron chi connectivity index (χ3n) is 6.06. The second kappa shape index (κ2) is 9.76. The number of nitrogens with zero attached hydrogens (tertiary/aromatic N) is 5. The molecular weight excluding hydrogens is 510 g/mol. The van der Waals surface area contributed by atoms with E-state index in [0.29, 0.717) is 25.2 Å². The number of likely N-dealkylation sites (tertiary alicyclic amines) is 1. The average molecular weight is 526 g/mol. The first-order valence-electron chi connectivity index (χ1n) is 11.2. The van der Waals surface area contributed by atoms with Gasteiger partial charge in [-0.3, -0.25) is 4.79 Å². The number of halogens is 5. The first-order chi connectivity index (χ1) is 18.2. The number of rotatable bonds is 5. The summed E-state index contributed by atoms with van der Waals surface area (Å²) in [4.78, 5) is 22.0. The van der Waals surface area contributed by atoms with Gasteiger partial charge in [-0.2, -0.15) is 13.9 Å². The zero-order chi connectivity index (χ0) is 27.1. The van der Waals surface area contributed by atoms with Crippen molar-refractivity contribution in [3.63, 3.8) is 0 Å². The van der Waals surface area contributed by atoms with Crippen LogP contribution in [0.4, 0.5) is 27.8 Å². The highest BCUT2D eigenvalue weighted by atomic mass is 19.2. The maximum Gasteiger partial charge on any atom is 0.245 e. The zero-order valence-electron chi connectivity index (χ0n) is 19.3. The fourth-order valence-electron chi connectivity index (χ4n) is 4.28. The molecule has 4 aromatic rings. The number of anilines is 1. The van der Waals surface area contributed by atoms with Crippen molar-refractivity contribution in [2.45, 2.75) is 12.5 Å². The van der Waals surface area contributed by atoms with E-state index in [1.807, 2.05) is 0 Å². The molecule has 3 heterocycles. The van der Waals surface area contributed by atoms with E-state index < -0.39 is 40.6 Å². The molecule has 0 spiro atoms. The van der Waals surface area contributed by atoms with E-state index >= 15 is 4.39 Å². The summed E-state index contributed by atoms with van der Waals surface area (Å²) in [6.07, 6.45) is 2.99. The van der Waals surface area contributed by atoms with Crippen LogP contribution in [-0.2, 0) is 4.79 Å². The van der Waals surface area contributed by atoms with E-state index in [4.69, 9.17) is 18.3 Å². The molecule has 0 aliphatic carbocycles. The molecule has 192 valence electrons. The highest BCUT2D eigenvalue weighted by molar-refractivity contribution is 6.19. The van der Waals surface area contributed by atoms with Crippen LogP contribution in [0, 0.1) is 29.1 Å². The van der Waals surface area contributed by atoms with Crippen molar-refractivity contribution in [1.82, 2.24) is 24.6 Å². The van der Waals surface area contributed by atoms with Crippen LogP contribution in [0.25, 0.3) is 22.3 Å². The van der Waals surface area contributed by atoms with Gasteiger partial charge < -0.3 is 15.4 Å². The second-order valence-electron chi connectivity index (χ2n) is 8.38. The van der Waals surface area contributed by atoms with Gasteiger partial charge in [0.25, 0.3) is 0 Å². The Kier molecular flexibility index (Phi) is 6.47. The van der Waals surface area contributed by atoms with Crippen molar-refractivity contribution in [3.05, 3.63) is 71.7 Å². The number of amides is 1. The van der Waals surface area contributed by atoms with E-state index in [9.17, 15) is 22.4 Å². The largest absolute Gasteiger partial charge is 0.451 e. The van der Waals surface area contributed by atoms with E-state index in [-0.39, 0.29) is 40.5 Å². The summed E-state index contributed by atoms with van der Waals surface area (Å²) in [6, 6.07) is 2.83. The van der Waals surface area contributed by atoms with Gasteiger partial charge in [0.15, 0.2) is 17.3 Å². The Bertz CT molecular complexity index is 1590. The van der Waals surface area contributed by atoms with Crippen molar-refractivity contribution in [2.24, 2.45) is 0 Å². The van der Waals surface area contributed by atoms with Gasteiger partial charge in [-0.25, -0.2) is 27.8 Å². The smallest absolute Gasteiger partial charge is 0.245 e. The maximum absolute atomic E-state index is 15.3. The van der Waals surface area contributed by atoms with E-state index in [1.54, 1.807) is 4.90 Å². The van der Waals surface area contributed by atoms with Crippen LogP contribution in [0.3, 0.4) is 0 Å². The number of nitrogens with two attached hydrogens (primary N) is 1. The van der Waals surface area contributed by atoms with Gasteiger partial charge in [0.05, 0.1) is 11.4 Å². The Morgan fingerprint density at radius 1 is 1.08 bits per heavy atom. The van der Waals surface area contributed by atoms with Crippen LogP contribution in [0.15, 0.2) is 42.6 Å². The summed E-state index contributed by atoms with van der Waals surface area (Å²) in [5, 5.41) is 4.77. The van der Waals surface area contributed by atoms with Gasteiger partial charge in [-0.1, -0.05) is 0 Å². The summed E-state index contributed by atoms with van der Waals surface area (Å²) in [5.41, 5.74) is 6.37. The van der Waals surface area contributed by atoms with Crippen molar-refractivity contribution < 1.29 is 31.5 Å². The van der Waals surface area contributed by atoms with Gasteiger partial charge >= 0.3 is 0 Å². The zero-order valence-corrected chi connectivity index (χ0v) is 19.3. The summed E-state index contributed by atoms with van der Waals surface area (Å²) in [7, 11) is 5.31. The maximum atomic E-state index is 15.3. The fourth-order valence-corrected chi connectivity index (χ4v) is 4.28. The van der Waals surface area contributed by atoms with Gasteiger partial charge in [-0.15, -0.1) is 5.98 Å². The SMILES string of the molecule is [B]/C=C/C(=O)N1CC[C@@H](n2nc(-c3ccc(Oc4c(F)c(F)cc(F)c4F)cc3F)c3c(N)ncnc32)C1. The molecule has 5 rings (SSSR count). The van der Waals surface area contributed by atoms with Gasteiger partial charge in [-0.05, 0) is 24.6 Å². The van der Waals surface area contributed by atoms with Crippen molar-refractivity contribution >= 4 is 30.6 Å². The Balaban J connectivity index is 1.52. The quantitative estimate of drug-likeness (QED) is 0.183. The lowest BCUT2D eigenvalue weighted by Crippen LogP contribution is -2.27. The van der Waals surface area contributed by atoms with Crippen LogP contribution in [-0.4, -0.2) is 51.5 Å². The number of fused-ring (bicyclic) bond motifs is 1. The molecule has 2 aromatic heterocycles. The van der Waals surface area contributed by atoms with Crippen molar-refractivity contribution in [3.8, 4) is 22.8 Å². The molecule has 1 atom stereocenters. The minimum absolute atomic E-state index is 0.0207. The molecule has 14 heteroatoms. The Morgan fingerprint density at radius 3 is 2.50 bits per heavy atom. The standard InChI is InChI=1S/C24H16BF5N6O2/c25-5-3-17(37)35-6-4-11(9-35)36-24-18(23(31)32-10-33-24)21(34-36)13-2-1-12(7-14(13)26)38-22-19(29)15(27)8-16(28)20(22)30/h1-3,5,7-8,10-11H,4,6,9H2,(H2,31,32,33)/b5-3+/t11-/m1/s1. The number of ether oxygens (including phenoxy) is 1. The average Bonchev–Trinajstić information content (AvgIpc) is 3.52. The molecule has 2 radical (unpaired) electrons. The second-order valence-corrected chi connectivity index (χ2v) is 8.38. The van der Waals surface area contributed by atoms with Crippen molar-refractivity contribution in [1.29, 1.82) is 0 Å². The highest BCUT2D eigenvalue weighted by Crippen LogP contribution is 2.37. The van der Waals surface area contributed by atoms with E-state index in [0.717, 1.165) is 18.1 Å². The topological polar surface area (TPSA) is 99.2 Å². The van der Waals surface area contributed by atoms with Crippen LogP contribution in [0.1, 0.15) is 12.5 Å². The van der Waals surface area contributed by atoms with Gasteiger partial charge in [0.2, 0.25) is 23.3 Å². The summed E-state index contributed by atoms with van der Waals surface area (Å²) in [6.45, 7) is 0.721. The van der Waals surface area contributed by atoms with Crippen molar-refractivity contribution in [2.75, 3.05) is 18.8 Å². The molecular formula is C24H16BF5N6O2. The summed E-state index contributed by atoms with van der Waals surface area (Å²) < 4.78 is 76.7. The molecule has 1 aliphatic heterocycles. The lowest BCUT2D eigenvalue weighted by Gasteiger charge is -2.15. The summed E-state index contributed by atoms with van der Waals surface area (Å²) in [5.74, 6) is -8.71. The van der Waals surface area contributed by atoms with Gasteiger partial charge in [0, 0.05) is 30.8 Å². The molecule has 1 saturated heterocycles. The normalized spacial score (nSPS) is 15.6. The molecule has 1 amide bonds. The third-order valence-corrected chi connectivity index (χ3v) is 6.06. The van der Waals surface area contributed by atoms with Crippen LogP contribution < -0.4 is 10.5 Å². The molecule has 0 bridgehead atoms. The van der Waals surface area contributed by atoms with E-state index in [1.165, 1.54) is 23.2 Å². The predicted molar refractivity (Wildman–Crippen MR) is 127 cm³/mol. The van der Waals surface area contributed by atoms with Crippen LogP contribution in [0.2, 0.25) is 0 Å². The Morgan fingerprint density at radius 2 is 1.82 bits per heavy atom. The lowest BCUT2D eigenvalue weighted by atomic mass is 10.1. The molecule has 38 heavy (non-hydrogen) atoms. The Hall–Kier alpha value is -4.49. The number of aromatic nitrogens is 4. The predicted octanol–water partition coefficient (Wildman–Crippen LogP) is 4.02. The first kappa shape index (κ1) is 25.2. The summed E-state index contributed by atoms with van der Waals surface area (Å²) >= 11 is 0.